The van der Waals surface area contributed by atoms with Crippen LogP contribution in [0.5, 0.6) is 0 Å². The van der Waals surface area contributed by atoms with Gasteiger partial charge < -0.3 is 10.6 Å². The van der Waals surface area contributed by atoms with Crippen LogP contribution in [0.4, 0.5) is 14.6 Å². The van der Waals surface area contributed by atoms with Gasteiger partial charge in [0.25, 0.3) is 11.5 Å². The summed E-state index contributed by atoms with van der Waals surface area (Å²) in [4.78, 5) is 38.5. The molecule has 4 aromatic rings. The lowest BCUT2D eigenvalue weighted by Gasteiger charge is -2.23. The maximum absolute atomic E-state index is 13.5. The molecule has 2 N–H and O–H groups in total. The second-order valence-corrected chi connectivity index (χ2v) is 9.28. The highest BCUT2D eigenvalue weighted by molar-refractivity contribution is 5.94. The fourth-order valence-electron chi connectivity index (χ4n) is 4.50. The van der Waals surface area contributed by atoms with Crippen LogP contribution >= 0.6 is 0 Å². The molecule has 0 saturated heterocycles. The number of nitrogens with zero attached hydrogens (tertiary/aromatic N) is 4. The number of nitrogens with one attached hydrogen (secondary N) is 2. The van der Waals surface area contributed by atoms with Crippen LogP contribution in [-0.4, -0.2) is 31.5 Å². The van der Waals surface area contributed by atoms with Crippen molar-refractivity contribution in [2.24, 2.45) is 0 Å². The van der Waals surface area contributed by atoms with Crippen molar-refractivity contribution >= 4 is 28.8 Å². The Bertz CT molecular complexity index is 1560. The number of benzene rings is 2. The van der Waals surface area contributed by atoms with Crippen molar-refractivity contribution < 1.29 is 13.6 Å². The largest absolute Gasteiger partial charge is 0.366 e. The predicted octanol–water partition coefficient (Wildman–Crippen LogP) is 4.66. The monoisotopic (exact) mass is 516 g/mol. The molecule has 8 nitrogen and oxygen atoms in total. The molecule has 0 atom stereocenters. The van der Waals surface area contributed by atoms with Gasteiger partial charge in [0, 0.05) is 18.4 Å². The van der Waals surface area contributed by atoms with Crippen LogP contribution in [0.15, 0.2) is 66.1 Å². The molecule has 1 aliphatic rings. The summed E-state index contributed by atoms with van der Waals surface area (Å²) in [5.41, 5.74) is 1.87. The molecule has 1 aliphatic carbocycles. The quantitative estimate of drug-likeness (QED) is 0.371. The molecule has 2 aromatic heterocycles. The highest BCUT2D eigenvalue weighted by Crippen LogP contribution is 2.22. The molecule has 5 rings (SSSR count). The van der Waals surface area contributed by atoms with Gasteiger partial charge in [0.2, 0.25) is 0 Å². The van der Waals surface area contributed by atoms with Crippen LogP contribution in [0.1, 0.15) is 53.6 Å². The molecule has 2 aromatic carbocycles. The van der Waals surface area contributed by atoms with E-state index in [1.54, 1.807) is 12.3 Å². The van der Waals surface area contributed by atoms with Gasteiger partial charge in [-0.1, -0.05) is 31.4 Å². The zero-order valence-electron chi connectivity index (χ0n) is 20.5. The van der Waals surface area contributed by atoms with Gasteiger partial charge in [-0.15, -0.1) is 0 Å². The molecule has 0 spiro atoms. The molecule has 2 heterocycles. The molecule has 0 unspecified atom stereocenters. The van der Waals surface area contributed by atoms with Crippen LogP contribution in [0.2, 0.25) is 0 Å². The molecule has 38 heavy (non-hydrogen) atoms. The van der Waals surface area contributed by atoms with Gasteiger partial charge in [0.05, 0.1) is 30.1 Å². The standard InChI is InChI=1S/C28H26F2N6O2/c29-22-8-6-19(12-23(22)30)16-36-17-31-14-21(28(36)38)27(37)32-11-10-18-7-9-24-25(13-18)35-26(15-33-24)34-20-4-2-1-3-5-20/h6-15,17,20H,1-5,16H2,(H,32,37)(H,34,35)/b11-10-. The van der Waals surface area contributed by atoms with E-state index in [1.165, 1.54) is 44.1 Å². The minimum Gasteiger partial charge on any atom is -0.366 e. The molecule has 1 fully saturated rings. The van der Waals surface area contributed by atoms with Crippen molar-refractivity contribution in [1.29, 1.82) is 0 Å². The third-order valence-corrected chi connectivity index (χ3v) is 6.50. The molecule has 1 amide bonds. The summed E-state index contributed by atoms with van der Waals surface area (Å²) in [5.74, 6) is -1.89. The first-order valence-electron chi connectivity index (χ1n) is 12.5. The maximum Gasteiger partial charge on any atom is 0.266 e. The van der Waals surface area contributed by atoms with E-state index in [2.05, 4.69) is 20.6 Å². The Morgan fingerprint density at radius 1 is 1.03 bits per heavy atom. The van der Waals surface area contributed by atoms with Crippen molar-refractivity contribution in [3.8, 4) is 0 Å². The molecule has 194 valence electrons. The SMILES string of the molecule is O=C(N/C=C\c1ccc2ncc(NC3CCCCC3)nc2c1)c1cncn(Cc2ccc(F)c(F)c2)c1=O. The summed E-state index contributed by atoms with van der Waals surface area (Å²) in [6.45, 7) is -0.0598. The molecule has 10 heteroatoms. The number of aromatic nitrogens is 4. The zero-order valence-corrected chi connectivity index (χ0v) is 20.5. The van der Waals surface area contributed by atoms with E-state index in [9.17, 15) is 18.4 Å². The van der Waals surface area contributed by atoms with Gasteiger partial charge in [-0.25, -0.2) is 18.7 Å². The van der Waals surface area contributed by atoms with Gasteiger partial charge in [-0.2, -0.15) is 0 Å². The average molecular weight is 517 g/mol. The van der Waals surface area contributed by atoms with Gasteiger partial charge in [-0.3, -0.25) is 19.1 Å². The highest BCUT2D eigenvalue weighted by Gasteiger charge is 2.15. The van der Waals surface area contributed by atoms with Crippen LogP contribution in [-0.2, 0) is 6.54 Å². The van der Waals surface area contributed by atoms with E-state index in [0.717, 1.165) is 52.0 Å². The lowest BCUT2D eigenvalue weighted by Crippen LogP contribution is -2.31. The molecule has 0 radical (unpaired) electrons. The number of fused-ring (bicyclic) bond motifs is 1. The van der Waals surface area contributed by atoms with Crippen molar-refractivity contribution in [2.75, 3.05) is 5.32 Å². The molecule has 1 saturated carbocycles. The van der Waals surface area contributed by atoms with Crippen molar-refractivity contribution in [3.05, 3.63) is 100.0 Å². The third-order valence-electron chi connectivity index (χ3n) is 6.50. The first-order chi connectivity index (χ1) is 18.5. The second-order valence-electron chi connectivity index (χ2n) is 9.28. The first kappa shape index (κ1) is 25.2. The van der Waals surface area contributed by atoms with Crippen LogP contribution in [0.3, 0.4) is 0 Å². The Balaban J connectivity index is 1.26. The highest BCUT2D eigenvalue weighted by atomic mass is 19.2. The number of amides is 1. The Labute approximate surface area is 217 Å². The van der Waals surface area contributed by atoms with Gasteiger partial charge >= 0.3 is 0 Å². The first-order valence-corrected chi connectivity index (χ1v) is 12.5. The normalized spacial score (nSPS) is 14.2. The number of rotatable bonds is 7. The minimum absolute atomic E-state index is 0.0598. The van der Waals surface area contributed by atoms with Crippen LogP contribution < -0.4 is 16.2 Å². The molecule has 0 bridgehead atoms. The Morgan fingerprint density at radius 3 is 2.68 bits per heavy atom. The maximum atomic E-state index is 13.5. The van der Waals surface area contributed by atoms with E-state index in [1.807, 2.05) is 18.2 Å². The fourth-order valence-corrected chi connectivity index (χ4v) is 4.50. The van der Waals surface area contributed by atoms with Crippen LogP contribution in [0, 0.1) is 11.6 Å². The number of carbonyl (C=O) groups is 1. The van der Waals surface area contributed by atoms with E-state index in [-0.39, 0.29) is 12.1 Å². The number of hydrogen-bond acceptors (Lipinski definition) is 6. The van der Waals surface area contributed by atoms with Crippen molar-refractivity contribution in [1.82, 2.24) is 24.8 Å². The Morgan fingerprint density at radius 2 is 1.87 bits per heavy atom. The summed E-state index contributed by atoms with van der Waals surface area (Å²) in [7, 11) is 0. The van der Waals surface area contributed by atoms with Gasteiger partial charge in [0.15, 0.2) is 11.6 Å². The lowest BCUT2D eigenvalue weighted by atomic mass is 9.95. The summed E-state index contributed by atoms with van der Waals surface area (Å²) in [6.07, 6.45) is 13.3. The number of halogens is 2. The topological polar surface area (TPSA) is 102 Å². The molecular weight excluding hydrogens is 490 g/mol. The average Bonchev–Trinajstić information content (AvgIpc) is 2.92. The minimum atomic E-state index is -1.01. The third kappa shape index (κ3) is 5.91. The molecule has 0 aliphatic heterocycles. The van der Waals surface area contributed by atoms with E-state index in [4.69, 9.17) is 4.98 Å². The zero-order chi connectivity index (χ0) is 26.5. The smallest absolute Gasteiger partial charge is 0.266 e. The predicted molar refractivity (Wildman–Crippen MR) is 140 cm³/mol. The van der Waals surface area contributed by atoms with Crippen molar-refractivity contribution in [3.63, 3.8) is 0 Å². The van der Waals surface area contributed by atoms with Gasteiger partial charge in [0.1, 0.15) is 11.4 Å². The van der Waals surface area contributed by atoms with E-state index in [0.29, 0.717) is 11.6 Å². The van der Waals surface area contributed by atoms with Crippen LogP contribution in [0.25, 0.3) is 17.1 Å². The van der Waals surface area contributed by atoms with E-state index < -0.39 is 23.1 Å². The second kappa shape index (κ2) is 11.3. The summed E-state index contributed by atoms with van der Waals surface area (Å²) in [5, 5.41) is 6.06. The summed E-state index contributed by atoms with van der Waals surface area (Å²) in [6, 6.07) is 9.35. The van der Waals surface area contributed by atoms with Crippen molar-refractivity contribution in [2.45, 2.75) is 44.7 Å². The number of anilines is 1. The summed E-state index contributed by atoms with van der Waals surface area (Å²) < 4.78 is 27.9. The van der Waals surface area contributed by atoms with Gasteiger partial charge in [-0.05, 0) is 54.3 Å². The molecular formula is C28H26F2N6O2. The van der Waals surface area contributed by atoms with E-state index >= 15 is 0 Å². The Hall–Kier alpha value is -4.47. The fraction of sp³-hybridized carbons (Fsp3) is 0.250. The summed E-state index contributed by atoms with van der Waals surface area (Å²) >= 11 is 0. The number of hydrogen-bond donors (Lipinski definition) is 2. The Kier molecular flexibility index (Phi) is 7.48. The lowest BCUT2D eigenvalue weighted by molar-refractivity contribution is 0.0968. The number of carbonyl (C=O) groups excluding carboxylic acids is 1.